The van der Waals surface area contributed by atoms with Crippen LogP contribution in [0.2, 0.25) is 10.0 Å². The van der Waals surface area contributed by atoms with E-state index < -0.39 is 0 Å². The summed E-state index contributed by atoms with van der Waals surface area (Å²) in [5.74, 6) is -0.0483. The lowest BCUT2D eigenvalue weighted by molar-refractivity contribution is 0.0636. The molecule has 2 nitrogen and oxygen atoms in total. The Morgan fingerprint density at radius 2 is 1.94 bits per heavy atom. The number of carbonyl (C=O) groups is 1. The topological polar surface area (TPSA) is 20.3 Å². The maximum atomic E-state index is 12.4. The van der Waals surface area contributed by atoms with Crippen LogP contribution in [0.5, 0.6) is 0 Å². The van der Waals surface area contributed by atoms with E-state index in [1.54, 1.807) is 18.2 Å². The minimum Gasteiger partial charge on any atom is -0.336 e. The molecule has 0 radical (unpaired) electrons. The quantitative estimate of drug-likeness (QED) is 0.756. The number of rotatable bonds is 1. The lowest BCUT2D eigenvalue weighted by Crippen LogP contribution is -2.42. The van der Waals surface area contributed by atoms with Crippen LogP contribution in [-0.4, -0.2) is 23.4 Å². The second-order valence-corrected chi connectivity index (χ2v) is 5.25. The minimum atomic E-state index is -0.0483. The van der Waals surface area contributed by atoms with Gasteiger partial charge in [-0.2, -0.15) is 0 Å². The molecule has 0 spiro atoms. The first-order valence-electron chi connectivity index (χ1n) is 5.86. The van der Waals surface area contributed by atoms with Gasteiger partial charge in [-0.25, -0.2) is 0 Å². The Bertz CT molecular complexity index is 413. The van der Waals surface area contributed by atoms with Crippen LogP contribution < -0.4 is 0 Å². The van der Waals surface area contributed by atoms with Crippen molar-refractivity contribution in [1.82, 2.24) is 4.90 Å². The molecule has 2 rings (SSSR count). The maximum absolute atomic E-state index is 12.4. The standard InChI is InChI=1S/C13H15Cl2NO/c1-9-5-2-3-8-16(9)13(17)12-10(14)6-4-7-11(12)15/h4,6-7,9H,2-3,5,8H2,1H3/t9-/m1/s1. The van der Waals surface area contributed by atoms with Crippen molar-refractivity contribution in [2.75, 3.05) is 6.54 Å². The average molecular weight is 272 g/mol. The Morgan fingerprint density at radius 1 is 1.29 bits per heavy atom. The van der Waals surface area contributed by atoms with E-state index in [1.807, 2.05) is 4.90 Å². The molecule has 4 heteroatoms. The van der Waals surface area contributed by atoms with E-state index in [0.29, 0.717) is 15.6 Å². The molecule has 1 aromatic carbocycles. The highest BCUT2D eigenvalue weighted by atomic mass is 35.5. The first-order valence-corrected chi connectivity index (χ1v) is 6.62. The predicted octanol–water partition coefficient (Wildman–Crippen LogP) is 4.01. The van der Waals surface area contributed by atoms with Gasteiger partial charge in [-0.05, 0) is 38.3 Å². The molecule has 17 heavy (non-hydrogen) atoms. The van der Waals surface area contributed by atoms with E-state index in [-0.39, 0.29) is 11.9 Å². The van der Waals surface area contributed by atoms with Crippen molar-refractivity contribution in [2.45, 2.75) is 32.2 Å². The second-order valence-electron chi connectivity index (χ2n) is 4.44. The molecule has 1 atom stereocenters. The summed E-state index contributed by atoms with van der Waals surface area (Å²) in [6.45, 7) is 2.86. The number of piperidine rings is 1. The summed E-state index contributed by atoms with van der Waals surface area (Å²) >= 11 is 12.1. The third-order valence-corrected chi connectivity index (χ3v) is 3.87. The van der Waals surface area contributed by atoms with Crippen molar-refractivity contribution < 1.29 is 4.79 Å². The molecular formula is C13H15Cl2NO. The number of nitrogens with zero attached hydrogens (tertiary/aromatic N) is 1. The fraction of sp³-hybridized carbons (Fsp3) is 0.462. The molecular weight excluding hydrogens is 257 g/mol. The minimum absolute atomic E-state index is 0.0483. The van der Waals surface area contributed by atoms with Crippen molar-refractivity contribution >= 4 is 29.1 Å². The van der Waals surface area contributed by atoms with Gasteiger partial charge in [0, 0.05) is 12.6 Å². The SMILES string of the molecule is C[C@@H]1CCCCN1C(=O)c1c(Cl)cccc1Cl. The van der Waals surface area contributed by atoms with Crippen LogP contribution in [-0.2, 0) is 0 Å². The van der Waals surface area contributed by atoms with Gasteiger partial charge < -0.3 is 4.90 Å². The Kier molecular flexibility index (Phi) is 3.95. The highest BCUT2D eigenvalue weighted by Crippen LogP contribution is 2.28. The van der Waals surface area contributed by atoms with Crippen LogP contribution in [0.15, 0.2) is 18.2 Å². The summed E-state index contributed by atoms with van der Waals surface area (Å²) in [4.78, 5) is 14.3. The molecule has 1 aliphatic heterocycles. The fourth-order valence-corrected chi connectivity index (χ4v) is 2.80. The van der Waals surface area contributed by atoms with Crippen molar-refractivity contribution in [2.24, 2.45) is 0 Å². The fourth-order valence-electron chi connectivity index (χ4n) is 2.25. The van der Waals surface area contributed by atoms with Crippen LogP contribution in [0, 0.1) is 0 Å². The molecule has 1 aromatic rings. The molecule has 0 aromatic heterocycles. The number of halogens is 2. The monoisotopic (exact) mass is 271 g/mol. The zero-order chi connectivity index (χ0) is 12.4. The highest BCUT2D eigenvalue weighted by molar-refractivity contribution is 6.39. The molecule has 0 saturated carbocycles. The van der Waals surface area contributed by atoms with Gasteiger partial charge in [0.15, 0.2) is 0 Å². The Balaban J connectivity index is 2.30. The molecule has 1 amide bonds. The van der Waals surface area contributed by atoms with Gasteiger partial charge in [0.25, 0.3) is 5.91 Å². The number of hydrogen-bond donors (Lipinski definition) is 0. The molecule has 0 bridgehead atoms. The normalized spacial score (nSPS) is 20.4. The summed E-state index contributed by atoms with van der Waals surface area (Å²) in [6.07, 6.45) is 3.28. The van der Waals surface area contributed by atoms with E-state index in [1.165, 1.54) is 6.42 Å². The lowest BCUT2D eigenvalue weighted by atomic mass is 10.0. The number of likely N-dealkylation sites (tertiary alicyclic amines) is 1. The van der Waals surface area contributed by atoms with Crippen molar-refractivity contribution in [1.29, 1.82) is 0 Å². The summed E-state index contributed by atoms with van der Waals surface area (Å²) < 4.78 is 0. The predicted molar refractivity (Wildman–Crippen MR) is 70.8 cm³/mol. The average Bonchev–Trinajstić information content (AvgIpc) is 2.29. The summed E-state index contributed by atoms with van der Waals surface area (Å²) in [7, 11) is 0. The van der Waals surface area contributed by atoms with E-state index in [0.717, 1.165) is 19.4 Å². The zero-order valence-corrected chi connectivity index (χ0v) is 11.3. The largest absolute Gasteiger partial charge is 0.336 e. The van der Waals surface area contributed by atoms with Gasteiger partial charge in [0.1, 0.15) is 0 Å². The summed E-state index contributed by atoms with van der Waals surface area (Å²) in [6, 6.07) is 5.43. The second kappa shape index (κ2) is 5.28. The van der Waals surface area contributed by atoms with Gasteiger partial charge in [0.2, 0.25) is 0 Å². The Labute approximate surface area is 112 Å². The highest BCUT2D eigenvalue weighted by Gasteiger charge is 2.26. The van der Waals surface area contributed by atoms with Gasteiger partial charge in [-0.3, -0.25) is 4.79 Å². The van der Waals surface area contributed by atoms with E-state index in [9.17, 15) is 4.79 Å². The number of benzene rings is 1. The van der Waals surface area contributed by atoms with Crippen LogP contribution in [0.3, 0.4) is 0 Å². The van der Waals surface area contributed by atoms with E-state index >= 15 is 0 Å². The first-order chi connectivity index (χ1) is 8.11. The molecule has 92 valence electrons. The summed E-state index contributed by atoms with van der Waals surface area (Å²) in [5, 5.41) is 0.862. The Hall–Kier alpha value is -0.730. The Morgan fingerprint density at radius 3 is 2.53 bits per heavy atom. The maximum Gasteiger partial charge on any atom is 0.257 e. The van der Waals surface area contributed by atoms with Gasteiger partial charge >= 0.3 is 0 Å². The molecule has 1 aliphatic rings. The molecule has 0 N–H and O–H groups in total. The number of hydrogen-bond acceptors (Lipinski definition) is 1. The molecule has 1 fully saturated rings. The third-order valence-electron chi connectivity index (χ3n) is 3.24. The van der Waals surface area contributed by atoms with Gasteiger partial charge in [0.05, 0.1) is 15.6 Å². The van der Waals surface area contributed by atoms with Crippen LogP contribution in [0.1, 0.15) is 36.5 Å². The third kappa shape index (κ3) is 2.58. The van der Waals surface area contributed by atoms with Crippen LogP contribution in [0.25, 0.3) is 0 Å². The molecule has 0 unspecified atom stereocenters. The zero-order valence-electron chi connectivity index (χ0n) is 9.75. The molecule has 1 heterocycles. The van der Waals surface area contributed by atoms with Crippen molar-refractivity contribution in [3.05, 3.63) is 33.8 Å². The van der Waals surface area contributed by atoms with Crippen LogP contribution >= 0.6 is 23.2 Å². The summed E-state index contributed by atoms with van der Waals surface area (Å²) in [5.41, 5.74) is 0.435. The lowest BCUT2D eigenvalue weighted by Gasteiger charge is -2.33. The number of carbonyl (C=O) groups excluding carboxylic acids is 1. The van der Waals surface area contributed by atoms with Gasteiger partial charge in [-0.15, -0.1) is 0 Å². The van der Waals surface area contributed by atoms with Gasteiger partial charge in [-0.1, -0.05) is 29.3 Å². The van der Waals surface area contributed by atoms with Crippen molar-refractivity contribution in [3.8, 4) is 0 Å². The smallest absolute Gasteiger partial charge is 0.257 e. The van der Waals surface area contributed by atoms with Crippen molar-refractivity contribution in [3.63, 3.8) is 0 Å². The van der Waals surface area contributed by atoms with E-state index in [4.69, 9.17) is 23.2 Å². The molecule has 1 saturated heterocycles. The molecule has 0 aliphatic carbocycles. The number of amides is 1. The van der Waals surface area contributed by atoms with Crippen LogP contribution in [0.4, 0.5) is 0 Å². The van der Waals surface area contributed by atoms with E-state index in [2.05, 4.69) is 6.92 Å². The first kappa shape index (κ1) is 12.7.